The lowest BCUT2D eigenvalue weighted by atomic mass is 10.2. The zero-order chi connectivity index (χ0) is 16.1. The molecule has 0 radical (unpaired) electrons. The van der Waals surface area contributed by atoms with E-state index < -0.39 is 22.3 Å². The molecule has 2 aromatic rings. The SMILES string of the molecule is Cc1cccc(OCC(=O)Nc2ccc(F)c([N+](=O)[O-])c2)c1. The third-order valence-electron chi connectivity index (χ3n) is 2.79. The van der Waals surface area contributed by atoms with Gasteiger partial charge in [0.2, 0.25) is 5.82 Å². The Bertz CT molecular complexity index is 718. The number of halogens is 1. The fraction of sp³-hybridized carbons (Fsp3) is 0.133. The lowest BCUT2D eigenvalue weighted by Crippen LogP contribution is -2.20. The molecule has 0 unspecified atom stereocenters. The number of nitrogens with zero attached hydrogens (tertiary/aromatic N) is 1. The van der Waals surface area contributed by atoms with Crippen LogP contribution >= 0.6 is 0 Å². The minimum atomic E-state index is -0.959. The number of amides is 1. The van der Waals surface area contributed by atoms with Crippen LogP contribution in [-0.4, -0.2) is 17.4 Å². The first-order valence-electron chi connectivity index (χ1n) is 6.39. The summed E-state index contributed by atoms with van der Waals surface area (Å²) in [4.78, 5) is 21.5. The molecule has 0 saturated carbocycles. The van der Waals surface area contributed by atoms with Crippen LogP contribution in [-0.2, 0) is 4.79 Å². The number of nitrogens with one attached hydrogen (secondary N) is 1. The van der Waals surface area contributed by atoms with Gasteiger partial charge in [0.05, 0.1) is 4.92 Å². The number of nitro benzene ring substituents is 1. The van der Waals surface area contributed by atoms with Crippen LogP contribution in [0.1, 0.15) is 5.56 Å². The maximum Gasteiger partial charge on any atom is 0.306 e. The Labute approximate surface area is 125 Å². The monoisotopic (exact) mass is 304 g/mol. The molecule has 0 aromatic heterocycles. The van der Waals surface area contributed by atoms with E-state index in [-0.39, 0.29) is 12.3 Å². The van der Waals surface area contributed by atoms with Gasteiger partial charge in [-0.15, -0.1) is 0 Å². The van der Waals surface area contributed by atoms with Crippen LogP contribution in [0.3, 0.4) is 0 Å². The quantitative estimate of drug-likeness (QED) is 0.680. The summed E-state index contributed by atoms with van der Waals surface area (Å²) in [6.45, 7) is 1.64. The van der Waals surface area contributed by atoms with Gasteiger partial charge < -0.3 is 10.1 Å². The van der Waals surface area contributed by atoms with Crippen molar-refractivity contribution in [1.29, 1.82) is 0 Å². The first kappa shape index (κ1) is 15.4. The number of nitro groups is 1. The summed E-state index contributed by atoms with van der Waals surface area (Å²) in [5, 5.41) is 13.0. The van der Waals surface area contributed by atoms with Crippen LogP contribution in [0.15, 0.2) is 42.5 Å². The summed E-state index contributed by atoms with van der Waals surface area (Å²) < 4.78 is 18.5. The summed E-state index contributed by atoms with van der Waals surface area (Å²) in [6, 6.07) is 10.3. The maximum atomic E-state index is 13.2. The molecule has 22 heavy (non-hydrogen) atoms. The van der Waals surface area contributed by atoms with E-state index in [0.717, 1.165) is 17.7 Å². The zero-order valence-corrected chi connectivity index (χ0v) is 11.7. The maximum absolute atomic E-state index is 13.2. The molecule has 0 aliphatic rings. The van der Waals surface area contributed by atoms with Crippen LogP contribution in [0.5, 0.6) is 5.75 Å². The van der Waals surface area contributed by atoms with Crippen LogP contribution in [0.25, 0.3) is 0 Å². The molecule has 0 saturated heterocycles. The van der Waals surface area contributed by atoms with Gasteiger partial charge in [-0.05, 0) is 36.8 Å². The molecule has 7 heteroatoms. The van der Waals surface area contributed by atoms with Crippen molar-refractivity contribution in [2.75, 3.05) is 11.9 Å². The predicted molar refractivity (Wildman–Crippen MR) is 78.4 cm³/mol. The molecule has 2 rings (SSSR count). The molecule has 1 amide bonds. The van der Waals surface area contributed by atoms with Gasteiger partial charge in [0.1, 0.15) is 5.75 Å². The number of carbonyl (C=O) groups is 1. The van der Waals surface area contributed by atoms with Crippen LogP contribution in [0.4, 0.5) is 15.8 Å². The number of hydrogen-bond donors (Lipinski definition) is 1. The van der Waals surface area contributed by atoms with Gasteiger partial charge in [-0.25, -0.2) is 0 Å². The smallest absolute Gasteiger partial charge is 0.306 e. The van der Waals surface area contributed by atoms with Gasteiger partial charge in [-0.2, -0.15) is 4.39 Å². The fourth-order valence-electron chi connectivity index (χ4n) is 1.78. The Balaban J connectivity index is 1.97. The Hall–Kier alpha value is -2.96. The molecule has 1 N–H and O–H groups in total. The van der Waals surface area contributed by atoms with Gasteiger partial charge in [0, 0.05) is 11.8 Å². The number of aryl methyl sites for hydroxylation is 1. The molecule has 114 valence electrons. The molecular formula is C15H13FN2O4. The average Bonchev–Trinajstić information content (AvgIpc) is 2.47. The van der Waals surface area contributed by atoms with Crippen molar-refractivity contribution in [3.63, 3.8) is 0 Å². The molecule has 0 aliphatic carbocycles. The van der Waals surface area contributed by atoms with E-state index >= 15 is 0 Å². The molecule has 0 bridgehead atoms. The minimum Gasteiger partial charge on any atom is -0.484 e. The number of anilines is 1. The van der Waals surface area contributed by atoms with E-state index in [4.69, 9.17) is 4.74 Å². The van der Waals surface area contributed by atoms with Gasteiger partial charge in [0.15, 0.2) is 6.61 Å². The van der Waals surface area contributed by atoms with Crippen molar-refractivity contribution in [2.24, 2.45) is 0 Å². The molecule has 0 atom stereocenters. The van der Waals surface area contributed by atoms with Crippen molar-refractivity contribution in [3.8, 4) is 5.75 Å². The molecular weight excluding hydrogens is 291 g/mol. The highest BCUT2D eigenvalue weighted by molar-refractivity contribution is 5.92. The molecule has 6 nitrogen and oxygen atoms in total. The lowest BCUT2D eigenvalue weighted by molar-refractivity contribution is -0.387. The largest absolute Gasteiger partial charge is 0.484 e. The Morgan fingerprint density at radius 3 is 2.77 bits per heavy atom. The van der Waals surface area contributed by atoms with Gasteiger partial charge in [-0.1, -0.05) is 12.1 Å². The van der Waals surface area contributed by atoms with Crippen molar-refractivity contribution in [2.45, 2.75) is 6.92 Å². The standard InChI is InChI=1S/C15H13FN2O4/c1-10-3-2-4-12(7-10)22-9-15(19)17-11-5-6-13(16)14(8-11)18(20)21/h2-8H,9H2,1H3,(H,17,19). The van der Waals surface area contributed by atoms with E-state index in [1.807, 2.05) is 13.0 Å². The zero-order valence-electron chi connectivity index (χ0n) is 11.7. The van der Waals surface area contributed by atoms with E-state index in [1.54, 1.807) is 18.2 Å². The van der Waals surface area contributed by atoms with Crippen LogP contribution in [0, 0.1) is 22.9 Å². The predicted octanol–water partition coefficient (Wildman–Crippen LogP) is 3.06. The highest BCUT2D eigenvalue weighted by Gasteiger charge is 2.15. The van der Waals surface area contributed by atoms with E-state index in [9.17, 15) is 19.3 Å². The molecule has 0 fully saturated rings. The van der Waals surface area contributed by atoms with Crippen molar-refractivity contribution >= 4 is 17.3 Å². The molecule has 0 spiro atoms. The van der Waals surface area contributed by atoms with Crippen molar-refractivity contribution in [3.05, 3.63) is 64.0 Å². The molecule has 2 aromatic carbocycles. The van der Waals surface area contributed by atoms with Gasteiger partial charge >= 0.3 is 5.69 Å². The Morgan fingerprint density at radius 2 is 2.09 bits per heavy atom. The summed E-state index contributed by atoms with van der Waals surface area (Å²) in [7, 11) is 0. The molecule has 0 aliphatic heterocycles. The summed E-state index contributed by atoms with van der Waals surface area (Å²) in [6.07, 6.45) is 0. The highest BCUT2D eigenvalue weighted by atomic mass is 19.1. The topological polar surface area (TPSA) is 81.5 Å². The van der Waals surface area contributed by atoms with E-state index in [1.165, 1.54) is 6.07 Å². The third kappa shape index (κ3) is 4.02. The van der Waals surface area contributed by atoms with Crippen molar-refractivity contribution in [1.82, 2.24) is 0 Å². The third-order valence-corrected chi connectivity index (χ3v) is 2.79. The van der Waals surface area contributed by atoms with E-state index in [0.29, 0.717) is 5.75 Å². The second kappa shape index (κ2) is 6.66. The average molecular weight is 304 g/mol. The minimum absolute atomic E-state index is 0.131. The number of carbonyl (C=O) groups excluding carboxylic acids is 1. The first-order valence-corrected chi connectivity index (χ1v) is 6.39. The summed E-state index contributed by atoms with van der Waals surface area (Å²) >= 11 is 0. The van der Waals surface area contributed by atoms with Crippen LogP contribution in [0.2, 0.25) is 0 Å². The molecule has 0 heterocycles. The number of benzene rings is 2. The van der Waals surface area contributed by atoms with Gasteiger partial charge in [-0.3, -0.25) is 14.9 Å². The summed E-state index contributed by atoms with van der Waals surface area (Å²) in [5.41, 5.74) is 0.426. The van der Waals surface area contributed by atoms with E-state index in [2.05, 4.69) is 5.32 Å². The fourth-order valence-corrected chi connectivity index (χ4v) is 1.78. The summed E-state index contributed by atoms with van der Waals surface area (Å²) in [5.74, 6) is -0.915. The second-order valence-corrected chi connectivity index (χ2v) is 4.58. The second-order valence-electron chi connectivity index (χ2n) is 4.58. The number of ether oxygens (including phenoxy) is 1. The normalized spacial score (nSPS) is 10.1. The number of rotatable bonds is 5. The highest BCUT2D eigenvalue weighted by Crippen LogP contribution is 2.21. The van der Waals surface area contributed by atoms with Gasteiger partial charge in [0.25, 0.3) is 5.91 Å². The number of hydrogen-bond acceptors (Lipinski definition) is 4. The van der Waals surface area contributed by atoms with Crippen LogP contribution < -0.4 is 10.1 Å². The Morgan fingerprint density at radius 1 is 1.32 bits per heavy atom. The first-order chi connectivity index (χ1) is 10.5. The van der Waals surface area contributed by atoms with Crippen molar-refractivity contribution < 1.29 is 18.8 Å². The lowest BCUT2D eigenvalue weighted by Gasteiger charge is -2.08. The Kier molecular flexibility index (Phi) is 4.67.